The molecule has 1 aliphatic heterocycles. The second kappa shape index (κ2) is 5.50. The fourth-order valence-corrected chi connectivity index (χ4v) is 2.31. The fourth-order valence-electron chi connectivity index (χ4n) is 1.82. The summed E-state index contributed by atoms with van der Waals surface area (Å²) in [6.45, 7) is 4.11. The number of hydrazine groups is 1. The highest BCUT2D eigenvalue weighted by atomic mass is 79.9. The van der Waals surface area contributed by atoms with Crippen LogP contribution in [0, 0.1) is 11.3 Å². The maximum absolute atomic E-state index is 8.91. The van der Waals surface area contributed by atoms with E-state index in [2.05, 4.69) is 44.4 Å². The van der Waals surface area contributed by atoms with E-state index in [4.69, 9.17) is 5.26 Å². The molecule has 1 aromatic carbocycles. The van der Waals surface area contributed by atoms with Crippen molar-refractivity contribution in [3.63, 3.8) is 0 Å². The monoisotopic (exact) mass is 294 g/mol. The zero-order valence-electron chi connectivity index (χ0n) is 9.78. The molecule has 1 saturated heterocycles. The van der Waals surface area contributed by atoms with Gasteiger partial charge in [-0.2, -0.15) is 5.26 Å². The number of nitrogens with zero attached hydrogens (tertiary/aromatic N) is 3. The van der Waals surface area contributed by atoms with E-state index in [0.29, 0.717) is 5.56 Å². The lowest BCUT2D eigenvalue weighted by Gasteiger charge is -2.33. The number of benzene rings is 1. The number of nitrogens with one attached hydrogen (secondary N) is 1. The number of halogens is 1. The van der Waals surface area contributed by atoms with Crippen LogP contribution in [0.5, 0.6) is 0 Å². The van der Waals surface area contributed by atoms with Gasteiger partial charge in [0.15, 0.2) is 0 Å². The van der Waals surface area contributed by atoms with Crippen molar-refractivity contribution in [3.8, 4) is 6.07 Å². The van der Waals surface area contributed by atoms with Crippen LogP contribution in [0.4, 0.5) is 5.69 Å². The van der Waals surface area contributed by atoms with Crippen LogP contribution >= 0.6 is 15.9 Å². The molecule has 1 fully saturated rings. The van der Waals surface area contributed by atoms with E-state index in [0.717, 1.165) is 36.3 Å². The molecular formula is C12H15BrN4. The third-order valence-corrected chi connectivity index (χ3v) is 3.28. The summed E-state index contributed by atoms with van der Waals surface area (Å²) in [5, 5.41) is 11.1. The minimum absolute atomic E-state index is 0.663. The van der Waals surface area contributed by atoms with Crippen molar-refractivity contribution in [2.75, 3.05) is 38.7 Å². The highest BCUT2D eigenvalue weighted by molar-refractivity contribution is 9.10. The molecule has 0 saturated carbocycles. The first kappa shape index (κ1) is 12.4. The first-order chi connectivity index (χ1) is 8.17. The predicted octanol–water partition coefficient (Wildman–Crippen LogP) is 1.90. The molecule has 0 aromatic heterocycles. The van der Waals surface area contributed by atoms with Gasteiger partial charge in [0, 0.05) is 30.7 Å². The van der Waals surface area contributed by atoms with Gasteiger partial charge in [0.1, 0.15) is 0 Å². The van der Waals surface area contributed by atoms with Crippen LogP contribution < -0.4 is 5.43 Å². The highest BCUT2D eigenvalue weighted by Gasteiger charge is 2.13. The van der Waals surface area contributed by atoms with Gasteiger partial charge in [-0.1, -0.05) is 15.9 Å². The Balaban J connectivity index is 2.03. The number of piperazine rings is 1. The number of anilines is 1. The minimum atomic E-state index is 0.663. The molecule has 1 heterocycles. The van der Waals surface area contributed by atoms with Crippen molar-refractivity contribution >= 4 is 21.6 Å². The second-order valence-corrected chi connectivity index (χ2v) is 5.16. The molecule has 0 aliphatic carbocycles. The number of nitriles is 1. The van der Waals surface area contributed by atoms with E-state index in [-0.39, 0.29) is 0 Å². The van der Waals surface area contributed by atoms with E-state index in [1.54, 1.807) is 0 Å². The van der Waals surface area contributed by atoms with Crippen molar-refractivity contribution in [3.05, 3.63) is 28.2 Å². The van der Waals surface area contributed by atoms with E-state index < -0.39 is 0 Å². The molecular weight excluding hydrogens is 280 g/mol. The molecule has 0 atom stereocenters. The van der Waals surface area contributed by atoms with Gasteiger partial charge in [0.2, 0.25) is 0 Å². The van der Waals surface area contributed by atoms with Gasteiger partial charge in [-0.15, -0.1) is 0 Å². The van der Waals surface area contributed by atoms with Crippen LogP contribution in [0.1, 0.15) is 5.56 Å². The molecule has 0 spiro atoms. The summed E-state index contributed by atoms with van der Waals surface area (Å²) in [5.41, 5.74) is 4.96. The smallest absolute Gasteiger partial charge is 0.0992 e. The Kier molecular flexibility index (Phi) is 4.00. The molecule has 1 aliphatic rings. The molecule has 1 aromatic rings. The van der Waals surface area contributed by atoms with Gasteiger partial charge in [0.25, 0.3) is 0 Å². The summed E-state index contributed by atoms with van der Waals surface area (Å²) in [6.07, 6.45) is 0. The van der Waals surface area contributed by atoms with Crippen molar-refractivity contribution in [2.45, 2.75) is 0 Å². The minimum Gasteiger partial charge on any atom is -0.319 e. The molecule has 0 radical (unpaired) electrons. The quantitative estimate of drug-likeness (QED) is 0.905. The molecule has 4 nitrogen and oxygen atoms in total. The van der Waals surface area contributed by atoms with Crippen LogP contribution in [0.3, 0.4) is 0 Å². The van der Waals surface area contributed by atoms with Crippen molar-refractivity contribution in [1.29, 1.82) is 5.26 Å². The Morgan fingerprint density at radius 1 is 1.24 bits per heavy atom. The Morgan fingerprint density at radius 3 is 2.59 bits per heavy atom. The standard InChI is InChI=1S/C12H15BrN4/c1-16-2-4-17(5-3-16)15-12-7-10(9-14)6-11(13)8-12/h6-8,15H,2-5H2,1H3. The maximum atomic E-state index is 8.91. The first-order valence-corrected chi connectivity index (χ1v) is 6.37. The fraction of sp³-hybridized carbons (Fsp3) is 0.417. The van der Waals surface area contributed by atoms with Gasteiger partial charge >= 0.3 is 0 Å². The summed E-state index contributed by atoms with van der Waals surface area (Å²) in [7, 11) is 2.13. The number of hydrogen-bond acceptors (Lipinski definition) is 4. The van der Waals surface area contributed by atoms with E-state index in [1.165, 1.54) is 0 Å². The largest absolute Gasteiger partial charge is 0.319 e. The normalized spacial score (nSPS) is 17.7. The third-order valence-electron chi connectivity index (χ3n) is 2.82. The van der Waals surface area contributed by atoms with Gasteiger partial charge in [-0.25, -0.2) is 5.01 Å². The number of likely N-dealkylation sites (N-methyl/N-ethyl adjacent to an activating group) is 1. The summed E-state index contributed by atoms with van der Waals surface area (Å²) in [4.78, 5) is 2.31. The molecule has 1 N–H and O–H groups in total. The molecule has 5 heteroatoms. The summed E-state index contributed by atoms with van der Waals surface area (Å²) < 4.78 is 0.924. The Bertz CT molecular complexity index is 433. The van der Waals surface area contributed by atoms with Crippen LogP contribution in [0.15, 0.2) is 22.7 Å². The van der Waals surface area contributed by atoms with Gasteiger partial charge in [-0.3, -0.25) is 0 Å². The highest BCUT2D eigenvalue weighted by Crippen LogP contribution is 2.19. The molecule has 0 unspecified atom stereocenters. The maximum Gasteiger partial charge on any atom is 0.0992 e. The zero-order valence-corrected chi connectivity index (χ0v) is 11.4. The first-order valence-electron chi connectivity index (χ1n) is 5.58. The molecule has 2 rings (SSSR count). The van der Waals surface area contributed by atoms with E-state index >= 15 is 0 Å². The zero-order chi connectivity index (χ0) is 12.3. The molecule has 0 bridgehead atoms. The van der Waals surface area contributed by atoms with Crippen LogP contribution in [0.25, 0.3) is 0 Å². The predicted molar refractivity (Wildman–Crippen MR) is 71.5 cm³/mol. The lowest BCUT2D eigenvalue weighted by molar-refractivity contribution is 0.179. The second-order valence-electron chi connectivity index (χ2n) is 4.24. The summed E-state index contributed by atoms with van der Waals surface area (Å²) in [6, 6.07) is 7.82. The third kappa shape index (κ3) is 3.43. The van der Waals surface area contributed by atoms with Crippen LogP contribution in [-0.4, -0.2) is 43.1 Å². The number of hydrogen-bond donors (Lipinski definition) is 1. The summed E-state index contributed by atoms with van der Waals surface area (Å²) in [5.74, 6) is 0. The Hall–Kier alpha value is -1.09. The van der Waals surface area contributed by atoms with Crippen molar-refractivity contribution in [2.24, 2.45) is 0 Å². The lowest BCUT2D eigenvalue weighted by Crippen LogP contribution is -2.46. The average Bonchev–Trinajstić information content (AvgIpc) is 2.31. The SMILES string of the molecule is CN1CCN(Nc2cc(Br)cc(C#N)c2)CC1. The van der Waals surface area contributed by atoms with Crippen molar-refractivity contribution in [1.82, 2.24) is 9.91 Å². The van der Waals surface area contributed by atoms with E-state index in [1.807, 2.05) is 18.2 Å². The van der Waals surface area contributed by atoms with Gasteiger partial charge in [0.05, 0.1) is 17.3 Å². The van der Waals surface area contributed by atoms with Crippen molar-refractivity contribution < 1.29 is 0 Å². The molecule has 90 valence electrons. The van der Waals surface area contributed by atoms with Gasteiger partial charge in [-0.05, 0) is 25.2 Å². The molecule has 17 heavy (non-hydrogen) atoms. The average molecular weight is 295 g/mol. The van der Waals surface area contributed by atoms with Crippen LogP contribution in [-0.2, 0) is 0 Å². The Labute approximate surface area is 110 Å². The van der Waals surface area contributed by atoms with Gasteiger partial charge < -0.3 is 10.3 Å². The topological polar surface area (TPSA) is 42.3 Å². The number of rotatable bonds is 2. The van der Waals surface area contributed by atoms with E-state index in [9.17, 15) is 0 Å². The molecule has 0 amide bonds. The summed E-state index contributed by atoms with van der Waals surface area (Å²) >= 11 is 3.41. The Morgan fingerprint density at radius 2 is 1.94 bits per heavy atom. The lowest BCUT2D eigenvalue weighted by atomic mass is 10.2. The van der Waals surface area contributed by atoms with Crippen LogP contribution in [0.2, 0.25) is 0 Å².